The molecule has 1 saturated heterocycles. The smallest absolute Gasteiger partial charge is 0.0664 e. The molecule has 0 radical (unpaired) electrons. The molecule has 76 valence electrons. The van der Waals surface area contributed by atoms with Crippen molar-refractivity contribution in [3.05, 3.63) is 0 Å². The minimum Gasteiger partial charge on any atom is -0.303 e. The quantitative estimate of drug-likeness (QED) is 0.727. The molecule has 1 aliphatic heterocycles. The fourth-order valence-electron chi connectivity index (χ4n) is 2.20. The van der Waals surface area contributed by atoms with Gasteiger partial charge in [0.1, 0.15) is 0 Å². The molecule has 1 aliphatic carbocycles. The first-order valence-electron chi connectivity index (χ1n) is 5.42. The lowest BCUT2D eigenvalue weighted by molar-refractivity contribution is 0.277. The second-order valence-corrected chi connectivity index (χ2v) is 5.76. The Kier molecular flexibility index (Phi) is 3.52. The predicted molar refractivity (Wildman–Crippen MR) is 59.1 cm³/mol. The van der Waals surface area contributed by atoms with Crippen LogP contribution in [0.15, 0.2) is 0 Å². The molecule has 1 unspecified atom stereocenters. The van der Waals surface area contributed by atoms with Crippen molar-refractivity contribution in [2.45, 2.75) is 36.3 Å². The Labute approximate surface area is 85.4 Å². The zero-order chi connectivity index (χ0) is 9.10. The van der Waals surface area contributed by atoms with Gasteiger partial charge in [0.25, 0.3) is 0 Å². The zero-order valence-electron chi connectivity index (χ0n) is 8.46. The molecule has 13 heavy (non-hydrogen) atoms. The van der Waals surface area contributed by atoms with Gasteiger partial charge in [-0.05, 0) is 19.9 Å². The molecular weight excluding hydrogens is 180 g/mol. The van der Waals surface area contributed by atoms with Gasteiger partial charge in [-0.25, -0.2) is 0 Å². The average molecular weight is 200 g/mol. The molecule has 2 rings (SSSR count). The average Bonchev–Trinajstić information content (AvgIpc) is 2.57. The molecular formula is C10H20N2S. The van der Waals surface area contributed by atoms with Gasteiger partial charge in [-0.2, -0.15) is 0 Å². The molecule has 2 aliphatic rings. The van der Waals surface area contributed by atoms with Gasteiger partial charge < -0.3 is 10.2 Å². The fraction of sp³-hybridized carbons (Fsp3) is 1.00. The molecule has 1 atom stereocenters. The minimum absolute atomic E-state index is 0.696. The summed E-state index contributed by atoms with van der Waals surface area (Å²) < 4.78 is 0. The van der Waals surface area contributed by atoms with Gasteiger partial charge in [-0.1, -0.05) is 12.8 Å². The number of nitrogens with one attached hydrogen (secondary N) is 1. The summed E-state index contributed by atoms with van der Waals surface area (Å²) in [6, 6.07) is 0. The van der Waals surface area contributed by atoms with Gasteiger partial charge in [0.2, 0.25) is 0 Å². The Hall–Kier alpha value is 0.270. The van der Waals surface area contributed by atoms with Gasteiger partial charge in [-0.15, -0.1) is 11.8 Å². The van der Waals surface area contributed by atoms with Crippen LogP contribution in [0.3, 0.4) is 0 Å². The molecule has 2 nitrogen and oxygen atoms in total. The number of hydrogen-bond donors (Lipinski definition) is 1. The summed E-state index contributed by atoms with van der Waals surface area (Å²) in [6.45, 7) is 3.60. The van der Waals surface area contributed by atoms with Crippen LogP contribution in [-0.4, -0.2) is 42.2 Å². The molecule has 0 amide bonds. The van der Waals surface area contributed by atoms with Gasteiger partial charge in [0.05, 0.1) is 5.37 Å². The van der Waals surface area contributed by atoms with Gasteiger partial charge in [-0.3, -0.25) is 0 Å². The Bertz CT molecular complexity index is 157. The summed E-state index contributed by atoms with van der Waals surface area (Å²) >= 11 is 2.18. The Morgan fingerprint density at radius 3 is 2.77 bits per heavy atom. The Morgan fingerprint density at radius 2 is 2.08 bits per heavy atom. The van der Waals surface area contributed by atoms with Crippen molar-refractivity contribution >= 4 is 11.8 Å². The maximum atomic E-state index is 3.60. The summed E-state index contributed by atoms with van der Waals surface area (Å²) in [5.41, 5.74) is 0. The maximum absolute atomic E-state index is 3.60. The number of likely N-dealkylation sites (N-methyl/N-ethyl adjacent to an activating group) is 1. The van der Waals surface area contributed by atoms with Crippen molar-refractivity contribution in [1.29, 1.82) is 0 Å². The van der Waals surface area contributed by atoms with Crippen molar-refractivity contribution in [3.63, 3.8) is 0 Å². The lowest BCUT2D eigenvalue weighted by Gasteiger charge is -2.31. The number of thioether (sulfide) groups is 1. The molecule has 1 N–H and O–H groups in total. The lowest BCUT2D eigenvalue weighted by atomic mass is 10.4. The summed E-state index contributed by atoms with van der Waals surface area (Å²) in [7, 11) is 2.23. The molecule has 0 aromatic rings. The third kappa shape index (κ3) is 2.86. The molecule has 0 aromatic carbocycles. The maximum Gasteiger partial charge on any atom is 0.0664 e. The van der Waals surface area contributed by atoms with E-state index in [-0.39, 0.29) is 0 Å². The number of nitrogens with zero attached hydrogens (tertiary/aromatic N) is 1. The second kappa shape index (κ2) is 4.67. The zero-order valence-corrected chi connectivity index (χ0v) is 9.28. The highest BCUT2D eigenvalue weighted by atomic mass is 32.2. The SMILES string of the molecule is CN1CCNC(SC2CCCC2)C1. The standard InChI is InChI=1S/C10H20N2S/c1-12-7-6-11-10(8-12)13-9-4-2-3-5-9/h9-11H,2-8H2,1H3. The van der Waals surface area contributed by atoms with E-state index < -0.39 is 0 Å². The fourth-order valence-corrected chi connectivity index (χ4v) is 3.83. The van der Waals surface area contributed by atoms with E-state index >= 15 is 0 Å². The van der Waals surface area contributed by atoms with Crippen molar-refractivity contribution in [2.24, 2.45) is 0 Å². The van der Waals surface area contributed by atoms with E-state index in [2.05, 4.69) is 29.0 Å². The van der Waals surface area contributed by atoms with E-state index in [1.807, 2.05) is 0 Å². The summed E-state index contributed by atoms with van der Waals surface area (Å²) in [5, 5.41) is 5.24. The van der Waals surface area contributed by atoms with Gasteiger partial charge in [0, 0.05) is 24.9 Å². The topological polar surface area (TPSA) is 15.3 Å². The van der Waals surface area contributed by atoms with E-state index in [4.69, 9.17) is 0 Å². The molecule has 1 saturated carbocycles. The van der Waals surface area contributed by atoms with Crippen molar-refractivity contribution < 1.29 is 0 Å². The Balaban J connectivity index is 1.73. The highest BCUT2D eigenvalue weighted by Crippen LogP contribution is 2.32. The molecule has 0 spiro atoms. The third-order valence-electron chi connectivity index (χ3n) is 3.00. The minimum atomic E-state index is 0.696. The largest absolute Gasteiger partial charge is 0.303 e. The van der Waals surface area contributed by atoms with Crippen LogP contribution in [0.5, 0.6) is 0 Å². The van der Waals surface area contributed by atoms with Gasteiger partial charge >= 0.3 is 0 Å². The van der Waals surface area contributed by atoms with Gasteiger partial charge in [0.15, 0.2) is 0 Å². The first-order chi connectivity index (χ1) is 6.34. The number of piperazine rings is 1. The van der Waals surface area contributed by atoms with E-state index in [1.54, 1.807) is 0 Å². The van der Waals surface area contributed by atoms with Crippen LogP contribution in [0.1, 0.15) is 25.7 Å². The van der Waals surface area contributed by atoms with Crippen molar-refractivity contribution in [2.75, 3.05) is 26.7 Å². The van der Waals surface area contributed by atoms with E-state index in [0.717, 1.165) is 5.25 Å². The molecule has 1 heterocycles. The summed E-state index contributed by atoms with van der Waals surface area (Å²) in [6.07, 6.45) is 5.82. The van der Waals surface area contributed by atoms with Crippen LogP contribution in [0, 0.1) is 0 Å². The van der Waals surface area contributed by atoms with E-state index in [9.17, 15) is 0 Å². The molecule has 3 heteroatoms. The van der Waals surface area contributed by atoms with Crippen LogP contribution in [0.4, 0.5) is 0 Å². The van der Waals surface area contributed by atoms with Crippen LogP contribution >= 0.6 is 11.8 Å². The number of hydrogen-bond acceptors (Lipinski definition) is 3. The highest BCUT2D eigenvalue weighted by Gasteiger charge is 2.23. The third-order valence-corrected chi connectivity index (χ3v) is 4.50. The summed E-state index contributed by atoms with van der Waals surface area (Å²) in [5.74, 6) is 0. The normalized spacial score (nSPS) is 32.5. The lowest BCUT2D eigenvalue weighted by Crippen LogP contribution is -2.47. The first-order valence-corrected chi connectivity index (χ1v) is 6.36. The van der Waals surface area contributed by atoms with Crippen LogP contribution in [0.2, 0.25) is 0 Å². The van der Waals surface area contributed by atoms with Crippen LogP contribution in [0.25, 0.3) is 0 Å². The Morgan fingerprint density at radius 1 is 1.31 bits per heavy atom. The molecule has 0 bridgehead atoms. The first kappa shape index (κ1) is 9.81. The molecule has 2 fully saturated rings. The van der Waals surface area contributed by atoms with Crippen LogP contribution < -0.4 is 5.32 Å². The summed E-state index contributed by atoms with van der Waals surface area (Å²) in [4.78, 5) is 2.43. The van der Waals surface area contributed by atoms with Crippen LogP contribution in [-0.2, 0) is 0 Å². The molecule has 0 aromatic heterocycles. The second-order valence-electron chi connectivity index (χ2n) is 4.25. The number of rotatable bonds is 2. The van der Waals surface area contributed by atoms with E-state index in [1.165, 1.54) is 45.3 Å². The van der Waals surface area contributed by atoms with Crippen molar-refractivity contribution in [1.82, 2.24) is 10.2 Å². The highest BCUT2D eigenvalue weighted by molar-refractivity contribution is 8.00. The predicted octanol–water partition coefficient (Wildman–Crippen LogP) is 1.52. The van der Waals surface area contributed by atoms with Crippen molar-refractivity contribution in [3.8, 4) is 0 Å². The monoisotopic (exact) mass is 200 g/mol. The van der Waals surface area contributed by atoms with E-state index in [0.29, 0.717) is 5.37 Å².